The minimum absolute atomic E-state index is 0.843. The van der Waals surface area contributed by atoms with Crippen LogP contribution < -0.4 is 0 Å². The highest BCUT2D eigenvalue weighted by atomic mass is 16.4. The molecule has 2 heteroatoms. The summed E-state index contributed by atoms with van der Waals surface area (Å²) in [6, 6.07) is 0. The van der Waals surface area contributed by atoms with E-state index in [-0.39, 0.29) is 0 Å². The van der Waals surface area contributed by atoms with Crippen molar-refractivity contribution in [1.82, 2.24) is 0 Å². The van der Waals surface area contributed by atoms with Crippen molar-refractivity contribution in [2.75, 3.05) is 0 Å². The molecule has 1 N–H and O–H groups in total. The van der Waals surface area contributed by atoms with E-state index in [1.54, 1.807) is 6.21 Å². The third kappa shape index (κ3) is 1.57. The summed E-state index contributed by atoms with van der Waals surface area (Å²) in [6.45, 7) is 0. The Morgan fingerprint density at radius 2 is 2.43 bits per heavy atom. The smallest absolute Gasteiger partial charge is 0.0438 e. The van der Waals surface area contributed by atoms with Gasteiger partial charge in [-0.1, -0.05) is 0 Å². The molecule has 1 saturated carbocycles. The summed E-state index contributed by atoms with van der Waals surface area (Å²) < 4.78 is 0. The molecule has 0 aromatic heterocycles. The monoisotopic (exact) mass is 99.1 g/mol. The topological polar surface area (TPSA) is 32.6 Å². The Hall–Kier alpha value is -0.530. The maximum absolute atomic E-state index is 7.91. The van der Waals surface area contributed by atoms with Gasteiger partial charge in [0.2, 0.25) is 0 Å². The predicted molar refractivity (Wildman–Crippen MR) is 27.6 cm³/mol. The minimum atomic E-state index is 0.843. The highest BCUT2D eigenvalue weighted by Crippen LogP contribution is 2.31. The van der Waals surface area contributed by atoms with Crippen LogP contribution in [0, 0.1) is 5.92 Å². The number of hydrogen-bond donors (Lipinski definition) is 1. The largest absolute Gasteiger partial charge is 0.411 e. The lowest BCUT2D eigenvalue weighted by atomic mass is 10.3. The van der Waals surface area contributed by atoms with Gasteiger partial charge in [-0.05, 0) is 25.2 Å². The molecule has 1 aliphatic carbocycles. The predicted octanol–water partition coefficient (Wildman–Crippen LogP) is 1.25. The molecule has 0 radical (unpaired) electrons. The van der Waals surface area contributed by atoms with Gasteiger partial charge in [0, 0.05) is 6.21 Å². The normalized spacial score (nSPS) is 21.1. The molecule has 0 spiro atoms. The maximum atomic E-state index is 7.91. The zero-order chi connectivity index (χ0) is 5.11. The molecule has 0 atom stereocenters. The van der Waals surface area contributed by atoms with E-state index in [0.717, 1.165) is 12.3 Å². The van der Waals surface area contributed by atoms with E-state index in [9.17, 15) is 0 Å². The summed E-state index contributed by atoms with van der Waals surface area (Å²) in [7, 11) is 0. The lowest BCUT2D eigenvalue weighted by Gasteiger charge is -1.78. The standard InChI is InChI=1S/C5H9NO/c7-6-4-3-5-1-2-5/h4-5,7H,1-3H2/b6-4+. The first kappa shape index (κ1) is 4.62. The third-order valence-electron chi connectivity index (χ3n) is 1.22. The third-order valence-corrected chi connectivity index (χ3v) is 1.22. The average molecular weight is 99.1 g/mol. The first-order chi connectivity index (χ1) is 3.43. The van der Waals surface area contributed by atoms with E-state index in [0.29, 0.717) is 0 Å². The zero-order valence-corrected chi connectivity index (χ0v) is 4.17. The molecule has 7 heavy (non-hydrogen) atoms. The Labute approximate surface area is 42.8 Å². The van der Waals surface area contributed by atoms with E-state index in [1.165, 1.54) is 12.8 Å². The Bertz CT molecular complexity index is 76.1. The highest BCUT2D eigenvalue weighted by Gasteiger charge is 2.19. The van der Waals surface area contributed by atoms with Crippen molar-refractivity contribution in [3.63, 3.8) is 0 Å². The van der Waals surface area contributed by atoms with Crippen molar-refractivity contribution in [1.29, 1.82) is 0 Å². The van der Waals surface area contributed by atoms with Gasteiger partial charge in [0.05, 0.1) is 0 Å². The lowest BCUT2D eigenvalue weighted by Crippen LogP contribution is -1.74. The van der Waals surface area contributed by atoms with Crippen LogP contribution >= 0.6 is 0 Å². The van der Waals surface area contributed by atoms with Crippen molar-refractivity contribution in [2.45, 2.75) is 19.3 Å². The van der Waals surface area contributed by atoms with Crippen LogP contribution in [0.3, 0.4) is 0 Å². The number of nitrogens with zero attached hydrogens (tertiary/aromatic N) is 1. The molecule has 0 amide bonds. The molecule has 0 saturated heterocycles. The maximum Gasteiger partial charge on any atom is 0.0438 e. The summed E-state index contributed by atoms with van der Waals surface area (Å²) in [5, 5.41) is 10.8. The molecule has 1 fully saturated rings. The Morgan fingerprint density at radius 3 is 2.86 bits per heavy atom. The van der Waals surface area contributed by atoms with Crippen molar-refractivity contribution < 1.29 is 5.21 Å². The van der Waals surface area contributed by atoms with Gasteiger partial charge in [0.15, 0.2) is 0 Å². The Kier molecular flexibility index (Phi) is 1.29. The van der Waals surface area contributed by atoms with Crippen LogP contribution in [0.15, 0.2) is 5.16 Å². The summed E-state index contributed by atoms with van der Waals surface area (Å²) in [4.78, 5) is 0. The van der Waals surface area contributed by atoms with Crippen molar-refractivity contribution >= 4 is 6.21 Å². The van der Waals surface area contributed by atoms with Gasteiger partial charge in [-0.2, -0.15) is 0 Å². The number of hydrogen-bond acceptors (Lipinski definition) is 2. The molecule has 40 valence electrons. The fourth-order valence-corrected chi connectivity index (χ4v) is 0.550. The number of oxime groups is 1. The molecule has 0 aromatic carbocycles. The van der Waals surface area contributed by atoms with Gasteiger partial charge >= 0.3 is 0 Å². The summed E-state index contributed by atoms with van der Waals surface area (Å²) >= 11 is 0. The van der Waals surface area contributed by atoms with Gasteiger partial charge in [0.25, 0.3) is 0 Å². The summed E-state index contributed by atoms with van der Waals surface area (Å²) in [6.07, 6.45) is 5.19. The van der Waals surface area contributed by atoms with Crippen LogP contribution in [-0.4, -0.2) is 11.4 Å². The Morgan fingerprint density at radius 1 is 1.71 bits per heavy atom. The van der Waals surface area contributed by atoms with E-state index in [4.69, 9.17) is 5.21 Å². The van der Waals surface area contributed by atoms with Gasteiger partial charge in [-0.15, -0.1) is 5.16 Å². The van der Waals surface area contributed by atoms with Crippen LogP contribution in [0.5, 0.6) is 0 Å². The van der Waals surface area contributed by atoms with Crippen LogP contribution in [0.4, 0.5) is 0 Å². The molecule has 1 aliphatic rings. The van der Waals surface area contributed by atoms with Crippen molar-refractivity contribution in [2.24, 2.45) is 11.1 Å². The van der Waals surface area contributed by atoms with Gasteiger partial charge < -0.3 is 5.21 Å². The summed E-state index contributed by atoms with van der Waals surface area (Å²) in [5.74, 6) is 0.843. The zero-order valence-electron chi connectivity index (χ0n) is 4.17. The molecule has 0 unspecified atom stereocenters. The fraction of sp³-hybridized carbons (Fsp3) is 0.800. The second-order valence-electron chi connectivity index (χ2n) is 1.98. The van der Waals surface area contributed by atoms with E-state index >= 15 is 0 Å². The lowest BCUT2D eigenvalue weighted by molar-refractivity contribution is 0.320. The first-order valence-electron chi connectivity index (χ1n) is 2.59. The van der Waals surface area contributed by atoms with Gasteiger partial charge in [-0.3, -0.25) is 0 Å². The molecular weight excluding hydrogens is 90.1 g/mol. The highest BCUT2D eigenvalue weighted by molar-refractivity contribution is 5.56. The van der Waals surface area contributed by atoms with Gasteiger partial charge in [0.1, 0.15) is 0 Å². The van der Waals surface area contributed by atoms with E-state index < -0.39 is 0 Å². The molecular formula is C5H9NO. The molecule has 1 rings (SSSR count). The van der Waals surface area contributed by atoms with Gasteiger partial charge in [-0.25, -0.2) is 0 Å². The van der Waals surface area contributed by atoms with Crippen LogP contribution in [-0.2, 0) is 0 Å². The molecule has 2 nitrogen and oxygen atoms in total. The first-order valence-corrected chi connectivity index (χ1v) is 2.59. The Balaban J connectivity index is 1.98. The molecule has 0 aromatic rings. The average Bonchev–Trinajstić information content (AvgIpc) is 2.42. The number of rotatable bonds is 2. The summed E-state index contributed by atoms with van der Waals surface area (Å²) in [5.41, 5.74) is 0. The van der Waals surface area contributed by atoms with E-state index in [1.807, 2.05) is 0 Å². The minimum Gasteiger partial charge on any atom is -0.411 e. The molecule has 0 aliphatic heterocycles. The van der Waals surface area contributed by atoms with E-state index in [2.05, 4.69) is 5.16 Å². The van der Waals surface area contributed by atoms with Crippen LogP contribution in [0.1, 0.15) is 19.3 Å². The van der Waals surface area contributed by atoms with Crippen LogP contribution in [0.2, 0.25) is 0 Å². The fourth-order valence-electron chi connectivity index (χ4n) is 0.550. The second kappa shape index (κ2) is 1.96. The van der Waals surface area contributed by atoms with Crippen molar-refractivity contribution in [3.05, 3.63) is 0 Å². The molecule has 0 heterocycles. The second-order valence-corrected chi connectivity index (χ2v) is 1.98. The van der Waals surface area contributed by atoms with Crippen LogP contribution in [0.25, 0.3) is 0 Å². The quantitative estimate of drug-likeness (QED) is 0.315. The molecule has 0 bridgehead atoms. The van der Waals surface area contributed by atoms with Crippen molar-refractivity contribution in [3.8, 4) is 0 Å². The SMILES string of the molecule is O/N=C/CC1CC1.